The molecule has 1 amide bonds. The molecule has 0 saturated carbocycles. The van der Waals surface area contributed by atoms with Crippen molar-refractivity contribution < 1.29 is 23.5 Å². The molecule has 7 heteroatoms. The quantitative estimate of drug-likeness (QED) is 0.399. The molecular formula is C26H21NO6. The van der Waals surface area contributed by atoms with E-state index in [9.17, 15) is 14.4 Å². The highest BCUT2D eigenvalue weighted by molar-refractivity contribution is 5.96. The Labute approximate surface area is 189 Å². The van der Waals surface area contributed by atoms with E-state index in [1.807, 2.05) is 18.2 Å². The van der Waals surface area contributed by atoms with Crippen molar-refractivity contribution in [3.63, 3.8) is 0 Å². The third-order valence-corrected chi connectivity index (χ3v) is 4.89. The molecule has 166 valence electrons. The molecular weight excluding hydrogens is 422 g/mol. The lowest BCUT2D eigenvalue weighted by molar-refractivity contribution is -0.118. The van der Waals surface area contributed by atoms with Gasteiger partial charge in [-0.2, -0.15) is 0 Å². The summed E-state index contributed by atoms with van der Waals surface area (Å²) in [6.07, 6.45) is 0. The van der Waals surface area contributed by atoms with Crippen molar-refractivity contribution in [2.75, 3.05) is 11.9 Å². The van der Waals surface area contributed by atoms with Crippen LogP contribution >= 0.6 is 0 Å². The third kappa shape index (κ3) is 5.10. The van der Waals surface area contributed by atoms with Crippen LogP contribution < -0.4 is 20.2 Å². The van der Waals surface area contributed by atoms with Crippen LogP contribution in [-0.2, 0) is 4.79 Å². The van der Waals surface area contributed by atoms with Crippen molar-refractivity contribution in [2.45, 2.75) is 13.8 Å². The van der Waals surface area contributed by atoms with E-state index in [1.165, 1.54) is 6.92 Å². The van der Waals surface area contributed by atoms with Gasteiger partial charge in [-0.05, 0) is 62.4 Å². The molecule has 0 fully saturated rings. The number of anilines is 1. The van der Waals surface area contributed by atoms with Gasteiger partial charge >= 0.3 is 0 Å². The second-order valence-electron chi connectivity index (χ2n) is 7.36. The summed E-state index contributed by atoms with van der Waals surface area (Å²) in [6, 6.07) is 20.3. The van der Waals surface area contributed by atoms with E-state index in [1.54, 1.807) is 61.5 Å². The maximum atomic E-state index is 12.9. The molecule has 0 spiro atoms. The average Bonchev–Trinajstić information content (AvgIpc) is 2.81. The van der Waals surface area contributed by atoms with E-state index in [-0.39, 0.29) is 29.5 Å². The zero-order valence-electron chi connectivity index (χ0n) is 18.1. The van der Waals surface area contributed by atoms with Gasteiger partial charge in [-0.25, -0.2) is 0 Å². The molecule has 1 N–H and O–H groups in total. The van der Waals surface area contributed by atoms with Gasteiger partial charge in [-0.1, -0.05) is 18.2 Å². The number of nitrogens with one attached hydrogen (secondary N) is 1. The number of hydrogen-bond donors (Lipinski definition) is 1. The number of fused-ring (bicyclic) bond motifs is 1. The van der Waals surface area contributed by atoms with Crippen molar-refractivity contribution in [3.05, 3.63) is 94.3 Å². The molecule has 0 bridgehead atoms. The molecule has 0 aliphatic rings. The highest BCUT2D eigenvalue weighted by atomic mass is 16.5. The Hall–Kier alpha value is -4.39. The standard InChI is InChI=1S/C26H21NO6/c1-16(28)18-8-10-19(11-9-18)27-24(29)15-31-21-12-13-22-23(14-21)32-17(2)26(25(22)30)33-20-6-4-3-5-7-20/h3-14H,15H2,1-2H3,(H,27,29). The molecule has 4 rings (SSSR count). The van der Waals surface area contributed by atoms with Crippen molar-refractivity contribution in [3.8, 4) is 17.2 Å². The number of ether oxygens (including phenoxy) is 2. The average molecular weight is 443 g/mol. The maximum Gasteiger partial charge on any atom is 0.262 e. The Kier molecular flexibility index (Phi) is 6.22. The van der Waals surface area contributed by atoms with Crippen molar-refractivity contribution >= 4 is 28.3 Å². The number of amides is 1. The smallest absolute Gasteiger partial charge is 0.262 e. The summed E-state index contributed by atoms with van der Waals surface area (Å²) in [7, 11) is 0. The number of ketones is 1. The minimum atomic E-state index is -0.366. The molecule has 3 aromatic carbocycles. The normalized spacial score (nSPS) is 10.6. The van der Waals surface area contributed by atoms with Gasteiger partial charge in [0.2, 0.25) is 11.2 Å². The summed E-state index contributed by atoms with van der Waals surface area (Å²) in [6.45, 7) is 2.89. The predicted molar refractivity (Wildman–Crippen MR) is 124 cm³/mol. The van der Waals surface area contributed by atoms with Crippen LogP contribution in [0.2, 0.25) is 0 Å². The SMILES string of the molecule is CC(=O)c1ccc(NC(=O)COc2ccc3c(=O)c(Oc4ccccc4)c(C)oc3c2)cc1. The first-order valence-corrected chi connectivity index (χ1v) is 10.2. The molecule has 0 radical (unpaired) electrons. The Morgan fingerprint density at radius 3 is 2.36 bits per heavy atom. The number of carbonyl (C=O) groups is 2. The van der Waals surface area contributed by atoms with Crippen LogP contribution in [0.15, 0.2) is 82.0 Å². The zero-order chi connectivity index (χ0) is 23.4. The Bertz CT molecular complexity index is 1370. The first kappa shape index (κ1) is 21.8. The number of Topliss-reactive ketones (excluding diaryl/α,β-unsaturated/α-hetero) is 1. The fourth-order valence-electron chi connectivity index (χ4n) is 3.22. The summed E-state index contributed by atoms with van der Waals surface area (Å²) >= 11 is 0. The molecule has 1 heterocycles. The summed E-state index contributed by atoms with van der Waals surface area (Å²) < 4.78 is 17.1. The minimum absolute atomic E-state index is 0.0480. The highest BCUT2D eigenvalue weighted by Gasteiger charge is 2.15. The fourth-order valence-corrected chi connectivity index (χ4v) is 3.22. The maximum absolute atomic E-state index is 12.9. The Morgan fingerprint density at radius 1 is 0.939 bits per heavy atom. The van der Waals surface area contributed by atoms with E-state index >= 15 is 0 Å². The monoisotopic (exact) mass is 443 g/mol. The molecule has 0 aliphatic carbocycles. The molecule has 0 atom stereocenters. The highest BCUT2D eigenvalue weighted by Crippen LogP contribution is 2.27. The topological polar surface area (TPSA) is 94.8 Å². The first-order valence-electron chi connectivity index (χ1n) is 10.2. The predicted octanol–water partition coefficient (Wildman–Crippen LogP) is 5.11. The third-order valence-electron chi connectivity index (χ3n) is 4.89. The van der Waals surface area contributed by atoms with Crippen LogP contribution in [0.25, 0.3) is 11.0 Å². The van der Waals surface area contributed by atoms with Crippen molar-refractivity contribution in [1.29, 1.82) is 0 Å². The summed E-state index contributed by atoms with van der Waals surface area (Å²) in [4.78, 5) is 36.4. The largest absolute Gasteiger partial charge is 0.484 e. The van der Waals surface area contributed by atoms with E-state index in [0.717, 1.165) is 0 Å². The van der Waals surface area contributed by atoms with Crippen LogP contribution in [0.3, 0.4) is 0 Å². The Balaban J connectivity index is 1.45. The van der Waals surface area contributed by atoms with Crippen LogP contribution in [0.4, 0.5) is 5.69 Å². The van der Waals surface area contributed by atoms with Crippen LogP contribution in [0, 0.1) is 6.92 Å². The number of rotatable bonds is 7. The lowest BCUT2D eigenvalue weighted by atomic mass is 10.1. The first-order chi connectivity index (χ1) is 15.9. The van der Waals surface area contributed by atoms with Crippen LogP contribution in [-0.4, -0.2) is 18.3 Å². The lowest BCUT2D eigenvalue weighted by Crippen LogP contribution is -2.20. The van der Waals surface area contributed by atoms with Crippen LogP contribution in [0.5, 0.6) is 17.2 Å². The molecule has 1 aromatic heterocycles. The van der Waals surface area contributed by atoms with E-state index < -0.39 is 0 Å². The van der Waals surface area contributed by atoms with Crippen molar-refractivity contribution in [1.82, 2.24) is 0 Å². The van der Waals surface area contributed by atoms with Crippen molar-refractivity contribution in [2.24, 2.45) is 0 Å². The van der Waals surface area contributed by atoms with Gasteiger partial charge < -0.3 is 19.2 Å². The number of carbonyl (C=O) groups excluding carboxylic acids is 2. The van der Waals surface area contributed by atoms with Gasteiger partial charge in [-0.3, -0.25) is 14.4 Å². The van der Waals surface area contributed by atoms with E-state index in [0.29, 0.717) is 39.5 Å². The molecule has 33 heavy (non-hydrogen) atoms. The summed E-state index contributed by atoms with van der Waals surface area (Å²) in [5, 5.41) is 3.04. The minimum Gasteiger partial charge on any atom is -0.484 e. The lowest BCUT2D eigenvalue weighted by Gasteiger charge is -2.10. The van der Waals surface area contributed by atoms with E-state index in [2.05, 4.69) is 5.32 Å². The van der Waals surface area contributed by atoms with Gasteiger partial charge in [0.15, 0.2) is 12.4 Å². The van der Waals surface area contributed by atoms with Gasteiger partial charge in [0.25, 0.3) is 5.91 Å². The van der Waals surface area contributed by atoms with E-state index in [4.69, 9.17) is 13.9 Å². The molecule has 0 aliphatic heterocycles. The second-order valence-corrected chi connectivity index (χ2v) is 7.36. The summed E-state index contributed by atoms with van der Waals surface area (Å²) in [5.74, 6) is 0.957. The molecule has 0 unspecified atom stereocenters. The number of para-hydroxylation sites is 1. The van der Waals surface area contributed by atoms with Crippen LogP contribution in [0.1, 0.15) is 23.0 Å². The number of hydrogen-bond acceptors (Lipinski definition) is 6. The number of benzene rings is 3. The molecule has 7 nitrogen and oxygen atoms in total. The van der Waals surface area contributed by atoms with Gasteiger partial charge in [0.05, 0.1) is 5.39 Å². The second kappa shape index (κ2) is 9.40. The fraction of sp³-hybridized carbons (Fsp3) is 0.115. The Morgan fingerprint density at radius 2 is 1.67 bits per heavy atom. The van der Waals surface area contributed by atoms with Gasteiger partial charge in [0, 0.05) is 17.3 Å². The molecule has 4 aromatic rings. The van der Waals surface area contributed by atoms with Gasteiger partial charge in [0.1, 0.15) is 22.8 Å². The number of aryl methyl sites for hydroxylation is 1. The molecule has 0 saturated heterocycles. The van der Waals surface area contributed by atoms with Gasteiger partial charge in [-0.15, -0.1) is 0 Å². The summed E-state index contributed by atoms with van der Waals surface area (Å²) in [5.41, 5.74) is 1.15. The zero-order valence-corrected chi connectivity index (χ0v) is 18.1.